The topological polar surface area (TPSA) is 64.9 Å². The van der Waals surface area contributed by atoms with Gasteiger partial charge in [-0.25, -0.2) is 9.67 Å². The summed E-state index contributed by atoms with van der Waals surface area (Å²) < 4.78 is 83.2. The lowest BCUT2D eigenvalue weighted by atomic mass is 10.1. The van der Waals surface area contributed by atoms with Crippen LogP contribution in [0.15, 0.2) is 36.4 Å². The van der Waals surface area contributed by atoms with Crippen LogP contribution in [0.1, 0.15) is 18.2 Å². The monoisotopic (exact) mass is 431 g/mol. The van der Waals surface area contributed by atoms with Crippen molar-refractivity contribution >= 4 is 5.82 Å². The second-order valence-electron chi connectivity index (χ2n) is 6.11. The van der Waals surface area contributed by atoms with Crippen molar-refractivity contribution in [2.75, 3.05) is 11.9 Å². The molecule has 3 rings (SSSR count). The van der Waals surface area contributed by atoms with Crippen LogP contribution < -0.4 is 10.1 Å². The Hall–Kier alpha value is -3.31. The number of halogens is 6. The van der Waals surface area contributed by atoms with Gasteiger partial charge in [-0.05, 0) is 19.1 Å². The SMILES string of the molecule is CCNc1cc(Oc2cc(C(F)(F)F)nn2C)nc(-c2ccc(C(F)(F)F)cc2)n1. The van der Waals surface area contributed by atoms with Gasteiger partial charge in [-0.1, -0.05) is 12.1 Å². The lowest BCUT2D eigenvalue weighted by Crippen LogP contribution is -2.06. The predicted molar refractivity (Wildman–Crippen MR) is 94.9 cm³/mol. The highest BCUT2D eigenvalue weighted by Gasteiger charge is 2.35. The molecular weight excluding hydrogens is 416 g/mol. The molecule has 0 bridgehead atoms. The van der Waals surface area contributed by atoms with Gasteiger partial charge in [-0.15, -0.1) is 0 Å². The van der Waals surface area contributed by atoms with Crippen LogP contribution in [0.5, 0.6) is 11.8 Å². The summed E-state index contributed by atoms with van der Waals surface area (Å²) in [5.74, 6) is 0.000383. The molecule has 0 saturated carbocycles. The highest BCUT2D eigenvalue weighted by Crippen LogP contribution is 2.33. The minimum Gasteiger partial charge on any atom is -0.421 e. The molecule has 0 spiro atoms. The van der Waals surface area contributed by atoms with Crippen LogP contribution in [0.25, 0.3) is 11.4 Å². The van der Waals surface area contributed by atoms with Crippen molar-refractivity contribution in [1.29, 1.82) is 0 Å². The zero-order valence-corrected chi connectivity index (χ0v) is 15.6. The van der Waals surface area contributed by atoms with E-state index in [1.165, 1.54) is 25.2 Å². The van der Waals surface area contributed by atoms with E-state index in [0.717, 1.165) is 16.8 Å². The van der Waals surface area contributed by atoms with Crippen molar-refractivity contribution in [3.05, 3.63) is 47.7 Å². The first kappa shape index (κ1) is 21.4. The Balaban J connectivity index is 1.97. The van der Waals surface area contributed by atoms with Crippen molar-refractivity contribution in [1.82, 2.24) is 19.7 Å². The van der Waals surface area contributed by atoms with E-state index >= 15 is 0 Å². The van der Waals surface area contributed by atoms with E-state index in [9.17, 15) is 26.3 Å². The summed E-state index contributed by atoms with van der Waals surface area (Å²) in [4.78, 5) is 8.32. The minimum absolute atomic E-state index is 0.0374. The van der Waals surface area contributed by atoms with E-state index in [-0.39, 0.29) is 29.0 Å². The molecule has 2 heterocycles. The quantitative estimate of drug-likeness (QED) is 0.567. The van der Waals surface area contributed by atoms with Crippen LogP contribution in [0, 0.1) is 0 Å². The highest BCUT2D eigenvalue weighted by molar-refractivity contribution is 5.59. The van der Waals surface area contributed by atoms with Crippen molar-refractivity contribution in [2.45, 2.75) is 19.3 Å². The molecule has 0 radical (unpaired) electrons. The standard InChI is InChI=1S/C18H15F6N5O/c1-3-25-13-9-14(30-15-8-12(18(22,23)24)28-29(15)2)27-16(26-13)10-4-6-11(7-5-10)17(19,20)21/h4-9H,3H2,1-2H3,(H,25,26,27). The Morgan fingerprint density at radius 2 is 1.63 bits per heavy atom. The van der Waals surface area contributed by atoms with E-state index in [1.54, 1.807) is 6.92 Å². The number of rotatable bonds is 5. The molecule has 0 amide bonds. The summed E-state index contributed by atoms with van der Waals surface area (Å²) in [6.07, 6.45) is -9.14. The Morgan fingerprint density at radius 1 is 0.967 bits per heavy atom. The molecule has 0 aliphatic heterocycles. The van der Waals surface area contributed by atoms with Gasteiger partial charge in [0, 0.05) is 31.3 Å². The molecule has 160 valence electrons. The number of benzene rings is 1. The average molecular weight is 431 g/mol. The van der Waals surface area contributed by atoms with Crippen LogP contribution in [0.3, 0.4) is 0 Å². The molecule has 0 saturated heterocycles. The molecule has 0 unspecified atom stereocenters. The maximum absolute atomic E-state index is 12.8. The van der Waals surface area contributed by atoms with Gasteiger partial charge in [0.25, 0.3) is 0 Å². The van der Waals surface area contributed by atoms with Crippen molar-refractivity contribution < 1.29 is 31.1 Å². The largest absolute Gasteiger partial charge is 0.435 e. The first-order chi connectivity index (χ1) is 14.0. The van der Waals surface area contributed by atoms with Gasteiger partial charge in [-0.2, -0.15) is 36.4 Å². The molecule has 1 aromatic carbocycles. The zero-order chi connectivity index (χ0) is 22.1. The number of aromatic nitrogens is 4. The third-order valence-corrected chi connectivity index (χ3v) is 3.87. The number of hydrogen-bond acceptors (Lipinski definition) is 5. The summed E-state index contributed by atoms with van der Waals surface area (Å²) in [6.45, 7) is 2.25. The Morgan fingerprint density at radius 3 is 2.17 bits per heavy atom. The number of ether oxygens (including phenoxy) is 1. The fourth-order valence-electron chi connectivity index (χ4n) is 2.48. The van der Waals surface area contributed by atoms with Crippen molar-refractivity contribution in [3.8, 4) is 23.1 Å². The van der Waals surface area contributed by atoms with Crippen LogP contribution in [-0.2, 0) is 19.4 Å². The second-order valence-corrected chi connectivity index (χ2v) is 6.11. The van der Waals surface area contributed by atoms with Gasteiger partial charge in [0.1, 0.15) is 5.82 Å². The average Bonchev–Trinajstić information content (AvgIpc) is 3.02. The first-order valence-corrected chi connectivity index (χ1v) is 8.57. The molecule has 0 atom stereocenters. The van der Waals surface area contributed by atoms with Crippen molar-refractivity contribution in [3.63, 3.8) is 0 Å². The molecular formula is C18H15F6N5O. The fourth-order valence-corrected chi connectivity index (χ4v) is 2.48. The molecule has 2 aromatic heterocycles. The fraction of sp³-hybridized carbons (Fsp3) is 0.278. The van der Waals surface area contributed by atoms with E-state index in [2.05, 4.69) is 20.4 Å². The molecule has 3 aromatic rings. The van der Waals surface area contributed by atoms with Gasteiger partial charge in [-0.3, -0.25) is 0 Å². The second kappa shape index (κ2) is 7.84. The maximum Gasteiger partial charge on any atom is 0.435 e. The van der Waals surface area contributed by atoms with Gasteiger partial charge in [0.15, 0.2) is 11.5 Å². The first-order valence-electron chi connectivity index (χ1n) is 8.57. The molecule has 12 heteroatoms. The Labute approximate surface area is 166 Å². The van der Waals surface area contributed by atoms with Crippen LogP contribution in [0.4, 0.5) is 32.2 Å². The lowest BCUT2D eigenvalue weighted by molar-refractivity contribution is -0.141. The minimum atomic E-state index is -4.65. The zero-order valence-electron chi connectivity index (χ0n) is 15.6. The smallest absolute Gasteiger partial charge is 0.421 e. The summed E-state index contributed by atoms with van der Waals surface area (Å²) in [5, 5.41) is 6.26. The van der Waals surface area contributed by atoms with E-state index in [4.69, 9.17) is 4.74 Å². The van der Waals surface area contributed by atoms with Crippen LogP contribution in [-0.4, -0.2) is 26.3 Å². The molecule has 6 nitrogen and oxygen atoms in total. The molecule has 0 aliphatic rings. The highest BCUT2D eigenvalue weighted by atomic mass is 19.4. The third-order valence-electron chi connectivity index (χ3n) is 3.87. The summed E-state index contributed by atoms with van der Waals surface area (Å²) in [6, 6.07) is 6.24. The van der Waals surface area contributed by atoms with Crippen molar-refractivity contribution in [2.24, 2.45) is 7.05 Å². The number of nitrogens with zero attached hydrogens (tertiary/aromatic N) is 4. The van der Waals surface area contributed by atoms with E-state index < -0.39 is 23.6 Å². The van der Waals surface area contributed by atoms with Gasteiger partial charge >= 0.3 is 12.4 Å². The number of anilines is 1. The van der Waals surface area contributed by atoms with E-state index in [0.29, 0.717) is 12.6 Å². The third kappa shape index (κ3) is 4.81. The summed E-state index contributed by atoms with van der Waals surface area (Å²) in [5.41, 5.74) is -1.70. The predicted octanol–water partition coefficient (Wildman–Crippen LogP) is 5.14. The van der Waals surface area contributed by atoms with Crippen LogP contribution >= 0.6 is 0 Å². The maximum atomic E-state index is 12.8. The summed E-state index contributed by atoms with van der Waals surface area (Å²) in [7, 11) is 1.27. The number of hydrogen-bond donors (Lipinski definition) is 1. The molecule has 30 heavy (non-hydrogen) atoms. The number of aryl methyl sites for hydroxylation is 1. The van der Waals surface area contributed by atoms with Gasteiger partial charge < -0.3 is 10.1 Å². The van der Waals surface area contributed by atoms with Gasteiger partial charge in [0.2, 0.25) is 11.8 Å². The Kier molecular flexibility index (Phi) is 5.59. The Bertz CT molecular complexity index is 1030. The summed E-state index contributed by atoms with van der Waals surface area (Å²) >= 11 is 0. The molecule has 1 N–H and O–H groups in total. The number of nitrogens with one attached hydrogen (secondary N) is 1. The molecule has 0 fully saturated rings. The number of alkyl halides is 6. The lowest BCUT2D eigenvalue weighted by Gasteiger charge is -2.11. The normalized spacial score (nSPS) is 12.1. The molecule has 0 aliphatic carbocycles. The van der Waals surface area contributed by atoms with E-state index in [1.807, 2.05) is 0 Å². The van der Waals surface area contributed by atoms with Gasteiger partial charge in [0.05, 0.1) is 5.56 Å². The van der Waals surface area contributed by atoms with Crippen LogP contribution in [0.2, 0.25) is 0 Å².